The second-order valence-corrected chi connectivity index (χ2v) is 12.0. The number of nitrogens with zero attached hydrogens (tertiary/aromatic N) is 2. The number of para-hydroxylation sites is 2. The lowest BCUT2D eigenvalue weighted by Crippen LogP contribution is -2.26. The molecule has 0 bridgehead atoms. The monoisotopic (exact) mass is 608 g/mol. The highest BCUT2D eigenvalue weighted by molar-refractivity contribution is 6.43. The molecule has 0 saturated heterocycles. The highest BCUT2D eigenvalue weighted by atomic mass is 16.3. The first-order chi connectivity index (χ1) is 22.4. The van der Waals surface area contributed by atoms with Gasteiger partial charge in [-0.2, -0.15) is 0 Å². The van der Waals surface area contributed by atoms with Crippen LogP contribution in [0.15, 0.2) is 120 Å². The van der Waals surface area contributed by atoms with E-state index in [2.05, 4.69) is 23.6 Å². The summed E-state index contributed by atoms with van der Waals surface area (Å²) in [6, 6.07) is 22.8. The van der Waals surface area contributed by atoms with Gasteiger partial charge in [0.15, 0.2) is 0 Å². The van der Waals surface area contributed by atoms with Crippen LogP contribution in [-0.4, -0.2) is 34.9 Å². The molecule has 46 heavy (non-hydrogen) atoms. The van der Waals surface area contributed by atoms with Gasteiger partial charge in [-0.15, -0.1) is 0 Å². The third-order valence-electron chi connectivity index (χ3n) is 9.19. The summed E-state index contributed by atoms with van der Waals surface area (Å²) in [7, 11) is 0. The van der Waals surface area contributed by atoms with Gasteiger partial charge in [-0.1, -0.05) is 81.3 Å². The van der Waals surface area contributed by atoms with Crippen LogP contribution >= 0.6 is 0 Å². The van der Waals surface area contributed by atoms with Crippen LogP contribution in [-0.2, 0) is 9.59 Å². The number of carbonyl (C=O) groups excluding carboxylic acids is 2. The Hall–Kier alpha value is -5.36. The van der Waals surface area contributed by atoms with Crippen molar-refractivity contribution >= 4 is 45.2 Å². The second-order valence-electron chi connectivity index (χ2n) is 12.0. The molecule has 0 spiro atoms. The van der Waals surface area contributed by atoms with E-state index >= 15 is 0 Å². The molecule has 0 aromatic heterocycles. The third-order valence-corrected chi connectivity index (χ3v) is 9.19. The van der Waals surface area contributed by atoms with Crippen LogP contribution in [0.2, 0.25) is 0 Å². The summed E-state index contributed by atoms with van der Waals surface area (Å²) in [5, 5.41) is 22.5. The van der Waals surface area contributed by atoms with Crippen molar-refractivity contribution in [1.82, 2.24) is 0 Å². The molecule has 3 aromatic carbocycles. The van der Waals surface area contributed by atoms with Gasteiger partial charge in [-0.3, -0.25) is 9.59 Å². The Morgan fingerprint density at radius 3 is 1.41 bits per heavy atom. The van der Waals surface area contributed by atoms with Crippen molar-refractivity contribution in [3.63, 3.8) is 0 Å². The predicted molar refractivity (Wildman–Crippen MR) is 185 cm³/mol. The number of aliphatic hydroxyl groups is 2. The number of hydrogen-bond acceptors (Lipinski definition) is 6. The molecule has 2 heterocycles. The smallest absolute Gasteiger partial charge is 0.201 e. The lowest BCUT2D eigenvalue weighted by Gasteiger charge is -2.31. The number of unbranched alkanes of at least 4 members (excludes halogenated alkanes) is 2. The molecule has 0 radical (unpaired) electrons. The number of anilines is 2. The van der Waals surface area contributed by atoms with E-state index in [1.165, 1.54) is 0 Å². The number of ketones is 2. The molecule has 0 saturated carbocycles. The minimum atomic E-state index is -0.247. The first-order valence-corrected chi connectivity index (χ1v) is 16.1. The highest BCUT2D eigenvalue weighted by Crippen LogP contribution is 2.47. The summed E-state index contributed by atoms with van der Waals surface area (Å²) in [4.78, 5) is 31.6. The normalized spacial score (nSPS) is 20.2. The lowest BCUT2D eigenvalue weighted by atomic mass is 9.76. The van der Waals surface area contributed by atoms with Crippen LogP contribution in [0.4, 0.5) is 11.4 Å². The van der Waals surface area contributed by atoms with Crippen LogP contribution in [0.25, 0.3) is 22.3 Å². The Labute approximate surface area is 269 Å². The number of allylic oxidation sites excluding steroid dienone is 8. The van der Waals surface area contributed by atoms with E-state index in [0.717, 1.165) is 61.3 Å². The summed E-state index contributed by atoms with van der Waals surface area (Å²) in [6.45, 7) is 6.06. The second kappa shape index (κ2) is 11.9. The Kier molecular flexibility index (Phi) is 7.57. The fourth-order valence-corrected chi connectivity index (χ4v) is 6.73. The molecule has 2 N–H and O–H groups in total. The number of Topliss-reactive ketones (excluding diaryl/α,β-unsaturated/α-hetero) is 2. The molecular formula is C40H36N2O4. The number of hydrogen-bond donors (Lipinski definition) is 2. The van der Waals surface area contributed by atoms with E-state index in [1.54, 1.807) is 24.3 Å². The quantitative estimate of drug-likeness (QED) is 0.250. The van der Waals surface area contributed by atoms with Gasteiger partial charge in [-0.05, 0) is 54.3 Å². The number of rotatable bonds is 8. The van der Waals surface area contributed by atoms with Gasteiger partial charge in [0.25, 0.3) is 0 Å². The van der Waals surface area contributed by atoms with Crippen LogP contribution in [0.3, 0.4) is 0 Å². The lowest BCUT2D eigenvalue weighted by molar-refractivity contribution is -0.112. The van der Waals surface area contributed by atoms with E-state index in [-0.39, 0.29) is 34.2 Å². The van der Waals surface area contributed by atoms with Crippen molar-refractivity contribution in [3.05, 3.63) is 142 Å². The van der Waals surface area contributed by atoms with Gasteiger partial charge in [-0.25, -0.2) is 0 Å². The molecule has 6 heteroatoms. The van der Waals surface area contributed by atoms with Crippen molar-refractivity contribution in [2.24, 2.45) is 0 Å². The molecule has 2 aliphatic carbocycles. The van der Waals surface area contributed by atoms with Gasteiger partial charge in [0.2, 0.25) is 11.6 Å². The fraction of sp³-hybridized carbons (Fsp3) is 0.200. The fourth-order valence-electron chi connectivity index (χ4n) is 6.73. The molecule has 3 aromatic rings. The molecule has 6 nitrogen and oxygen atoms in total. The standard InChI is InChI=1S/C40H36N2O4/c1-3-5-20-41-22-18-29(27-14-7-9-16-31(27)41)35-37(43)33(38(35)44)25-12-11-13-26(24-25)34-39(45)36(40(34)46)30-19-23-42(21-6-4-2)32-17-10-8-15-28(30)32/h7-19,22-24,43,45H,3-6,20-21H2,1-2H3. The zero-order chi connectivity index (χ0) is 31.9. The van der Waals surface area contributed by atoms with Crippen LogP contribution in [0.5, 0.6) is 0 Å². The molecule has 2 aliphatic heterocycles. The van der Waals surface area contributed by atoms with Gasteiger partial charge >= 0.3 is 0 Å². The van der Waals surface area contributed by atoms with Gasteiger partial charge < -0.3 is 20.0 Å². The zero-order valence-electron chi connectivity index (χ0n) is 26.1. The first kappa shape index (κ1) is 29.4. The largest absolute Gasteiger partial charge is 0.506 e. The molecule has 7 rings (SSSR count). The summed E-state index contributed by atoms with van der Waals surface area (Å²) >= 11 is 0. The molecular weight excluding hydrogens is 572 g/mol. The summed E-state index contributed by atoms with van der Waals surface area (Å²) in [5.74, 6) is -0.612. The van der Waals surface area contributed by atoms with E-state index in [0.29, 0.717) is 33.4 Å². The topological polar surface area (TPSA) is 81.1 Å². The minimum absolute atomic E-state index is 0.0591. The zero-order valence-corrected chi connectivity index (χ0v) is 26.1. The van der Waals surface area contributed by atoms with Crippen LogP contribution < -0.4 is 9.80 Å². The SMILES string of the molecule is CCCCN1C=CC(=C2C(=O)C(c3cccc(C4=C(O)C(=C5C=CN(CCCC)c6ccccc65)C4=O)c3)=C2O)c2ccccc21. The summed E-state index contributed by atoms with van der Waals surface area (Å²) in [5.41, 5.74) is 7.27. The Morgan fingerprint density at radius 1 is 0.565 bits per heavy atom. The molecule has 230 valence electrons. The van der Waals surface area contributed by atoms with E-state index < -0.39 is 0 Å². The predicted octanol–water partition coefficient (Wildman–Crippen LogP) is 8.57. The van der Waals surface area contributed by atoms with Crippen molar-refractivity contribution in [1.29, 1.82) is 0 Å². The van der Waals surface area contributed by atoms with Crippen molar-refractivity contribution in [2.45, 2.75) is 39.5 Å². The minimum Gasteiger partial charge on any atom is -0.506 e. The van der Waals surface area contributed by atoms with Gasteiger partial charge in [0.05, 0.1) is 22.3 Å². The average molecular weight is 609 g/mol. The van der Waals surface area contributed by atoms with Crippen molar-refractivity contribution < 1.29 is 19.8 Å². The highest BCUT2D eigenvalue weighted by Gasteiger charge is 2.41. The van der Waals surface area contributed by atoms with E-state index in [1.807, 2.05) is 73.1 Å². The third kappa shape index (κ3) is 4.64. The maximum absolute atomic E-state index is 13.6. The van der Waals surface area contributed by atoms with Gasteiger partial charge in [0.1, 0.15) is 11.5 Å². The van der Waals surface area contributed by atoms with E-state index in [4.69, 9.17) is 0 Å². The molecule has 0 unspecified atom stereocenters. The Bertz CT molecular complexity index is 1850. The van der Waals surface area contributed by atoms with Crippen LogP contribution in [0.1, 0.15) is 61.8 Å². The number of aliphatic hydroxyl groups excluding tert-OH is 2. The Morgan fingerprint density at radius 2 is 1.00 bits per heavy atom. The number of carbonyl (C=O) groups is 2. The number of fused-ring (bicyclic) bond motifs is 2. The summed E-state index contributed by atoms with van der Waals surface area (Å²) < 4.78 is 0. The molecule has 0 amide bonds. The maximum atomic E-state index is 13.6. The molecule has 0 atom stereocenters. The van der Waals surface area contributed by atoms with Crippen molar-refractivity contribution in [3.8, 4) is 0 Å². The summed E-state index contributed by atoms with van der Waals surface area (Å²) in [6.07, 6.45) is 12.0. The van der Waals surface area contributed by atoms with Crippen LogP contribution in [0, 0.1) is 0 Å². The molecule has 4 aliphatic rings. The first-order valence-electron chi connectivity index (χ1n) is 16.1. The van der Waals surface area contributed by atoms with Gasteiger partial charge in [0, 0.05) is 59.1 Å². The Balaban J connectivity index is 1.23. The van der Waals surface area contributed by atoms with Crippen molar-refractivity contribution in [2.75, 3.05) is 22.9 Å². The molecule has 0 fully saturated rings. The average Bonchev–Trinajstić information content (AvgIpc) is 3.08. The number of benzene rings is 3. The maximum Gasteiger partial charge on any atom is 0.201 e. The van der Waals surface area contributed by atoms with E-state index in [9.17, 15) is 19.8 Å².